The number of nitro groups is 1. The van der Waals surface area contributed by atoms with Gasteiger partial charge in [-0.1, -0.05) is 18.2 Å². The molecule has 2 aromatic rings. The number of non-ortho nitro benzene ring substituents is 1. The van der Waals surface area contributed by atoms with E-state index in [1.165, 1.54) is 31.4 Å². The van der Waals surface area contributed by atoms with Crippen molar-refractivity contribution in [3.63, 3.8) is 0 Å². The number of ether oxygens (including phenoxy) is 2. The smallest absolute Gasteiger partial charge is 0.342 e. The number of para-hydroxylation sites is 1. The number of benzene rings is 2. The molecule has 0 saturated heterocycles. The lowest BCUT2D eigenvalue weighted by atomic mass is 10.2. The third-order valence-electron chi connectivity index (χ3n) is 3.37. The molecule has 25 heavy (non-hydrogen) atoms. The van der Waals surface area contributed by atoms with E-state index in [0.29, 0.717) is 11.3 Å². The van der Waals surface area contributed by atoms with Gasteiger partial charge in [-0.2, -0.15) is 0 Å². The normalized spacial score (nSPS) is 10.0. The van der Waals surface area contributed by atoms with Crippen LogP contribution in [-0.2, 0) is 9.53 Å². The molecule has 0 unspecified atom stereocenters. The first-order valence-electron chi connectivity index (χ1n) is 7.27. The maximum atomic E-state index is 12.0. The van der Waals surface area contributed by atoms with Crippen molar-refractivity contribution in [1.29, 1.82) is 0 Å². The quantitative estimate of drug-likeness (QED) is 0.490. The molecule has 0 atom stereocenters. The molecule has 1 amide bonds. The maximum Gasteiger partial charge on any atom is 0.342 e. The Kier molecular flexibility index (Phi) is 5.67. The van der Waals surface area contributed by atoms with Crippen LogP contribution in [0.5, 0.6) is 5.75 Å². The molecule has 0 fully saturated rings. The minimum absolute atomic E-state index is 0.146. The van der Waals surface area contributed by atoms with Gasteiger partial charge in [-0.05, 0) is 24.6 Å². The standard InChI is InChI=1S/C17H16N2O6/c1-11-7-8-12(19(22)23)9-14(11)18-16(20)10-25-17(21)13-5-3-4-6-15(13)24-2/h3-9H,10H2,1-2H3,(H,18,20). The van der Waals surface area contributed by atoms with Gasteiger partial charge in [0, 0.05) is 12.1 Å². The van der Waals surface area contributed by atoms with E-state index in [1.54, 1.807) is 25.1 Å². The van der Waals surface area contributed by atoms with Gasteiger partial charge in [0.1, 0.15) is 11.3 Å². The monoisotopic (exact) mass is 344 g/mol. The number of anilines is 1. The van der Waals surface area contributed by atoms with Gasteiger partial charge >= 0.3 is 5.97 Å². The molecule has 0 heterocycles. The van der Waals surface area contributed by atoms with Crippen LogP contribution >= 0.6 is 0 Å². The predicted molar refractivity (Wildman–Crippen MR) is 89.7 cm³/mol. The Bertz CT molecular complexity index is 819. The van der Waals surface area contributed by atoms with Gasteiger partial charge < -0.3 is 14.8 Å². The Morgan fingerprint density at radius 1 is 1.20 bits per heavy atom. The SMILES string of the molecule is COc1ccccc1C(=O)OCC(=O)Nc1cc([N+](=O)[O-])ccc1C. The number of rotatable bonds is 6. The molecule has 2 aromatic carbocycles. The molecule has 0 aliphatic carbocycles. The van der Waals surface area contributed by atoms with E-state index in [-0.39, 0.29) is 16.9 Å². The molecular formula is C17H16N2O6. The highest BCUT2D eigenvalue weighted by Crippen LogP contribution is 2.22. The number of nitro benzene ring substituents is 1. The molecule has 8 heteroatoms. The van der Waals surface area contributed by atoms with E-state index in [2.05, 4.69) is 5.32 Å². The van der Waals surface area contributed by atoms with Crippen molar-refractivity contribution in [2.75, 3.05) is 19.0 Å². The number of hydrogen-bond acceptors (Lipinski definition) is 6. The summed E-state index contributed by atoms with van der Waals surface area (Å²) in [6, 6.07) is 10.6. The fourth-order valence-electron chi connectivity index (χ4n) is 2.07. The fraction of sp³-hybridized carbons (Fsp3) is 0.176. The Morgan fingerprint density at radius 3 is 2.60 bits per heavy atom. The first-order chi connectivity index (χ1) is 11.9. The molecule has 0 aliphatic rings. The molecule has 0 radical (unpaired) electrons. The predicted octanol–water partition coefficient (Wildman–Crippen LogP) is 2.71. The van der Waals surface area contributed by atoms with Gasteiger partial charge in [-0.25, -0.2) is 4.79 Å². The molecule has 0 aliphatic heterocycles. The number of carbonyl (C=O) groups excluding carboxylic acids is 2. The van der Waals surface area contributed by atoms with Crippen LogP contribution in [0.2, 0.25) is 0 Å². The zero-order chi connectivity index (χ0) is 18.4. The third-order valence-corrected chi connectivity index (χ3v) is 3.37. The molecule has 130 valence electrons. The lowest BCUT2D eigenvalue weighted by Crippen LogP contribution is -2.21. The second kappa shape index (κ2) is 7.91. The molecule has 0 spiro atoms. The molecule has 0 bridgehead atoms. The van der Waals surface area contributed by atoms with Crippen LogP contribution in [0, 0.1) is 17.0 Å². The topological polar surface area (TPSA) is 108 Å². The molecule has 0 saturated carbocycles. The number of carbonyl (C=O) groups is 2. The summed E-state index contributed by atoms with van der Waals surface area (Å²) in [6.07, 6.45) is 0. The minimum atomic E-state index is -0.705. The van der Waals surface area contributed by atoms with Crippen LogP contribution < -0.4 is 10.1 Å². The van der Waals surface area contributed by atoms with Crippen LogP contribution in [0.4, 0.5) is 11.4 Å². The van der Waals surface area contributed by atoms with Crippen LogP contribution in [0.15, 0.2) is 42.5 Å². The van der Waals surface area contributed by atoms with Gasteiger partial charge in [0.15, 0.2) is 6.61 Å². The lowest BCUT2D eigenvalue weighted by Gasteiger charge is -2.10. The summed E-state index contributed by atoms with van der Waals surface area (Å²) in [7, 11) is 1.42. The summed E-state index contributed by atoms with van der Waals surface area (Å²) in [5, 5.41) is 13.3. The number of amides is 1. The van der Waals surface area contributed by atoms with Gasteiger partial charge in [0.25, 0.3) is 11.6 Å². The summed E-state index contributed by atoms with van der Waals surface area (Å²) >= 11 is 0. The summed E-state index contributed by atoms with van der Waals surface area (Å²) in [5.41, 5.74) is 0.985. The highest BCUT2D eigenvalue weighted by molar-refractivity contribution is 5.97. The molecule has 0 aromatic heterocycles. The van der Waals surface area contributed by atoms with E-state index in [9.17, 15) is 19.7 Å². The molecule has 1 N–H and O–H groups in total. The van der Waals surface area contributed by atoms with Crippen molar-refractivity contribution in [3.8, 4) is 5.75 Å². The van der Waals surface area contributed by atoms with E-state index in [4.69, 9.17) is 9.47 Å². The largest absolute Gasteiger partial charge is 0.496 e. The summed E-state index contributed by atoms with van der Waals surface area (Å²) in [6.45, 7) is 1.17. The van der Waals surface area contributed by atoms with Gasteiger partial charge in [-0.3, -0.25) is 14.9 Å². The number of hydrogen-bond donors (Lipinski definition) is 1. The highest BCUT2D eigenvalue weighted by Gasteiger charge is 2.16. The average molecular weight is 344 g/mol. The lowest BCUT2D eigenvalue weighted by molar-refractivity contribution is -0.384. The second-order valence-electron chi connectivity index (χ2n) is 5.08. The van der Waals surface area contributed by atoms with Crippen LogP contribution in [0.1, 0.15) is 15.9 Å². The summed E-state index contributed by atoms with van der Waals surface area (Å²) < 4.78 is 10.0. The Hall–Kier alpha value is -3.42. The van der Waals surface area contributed by atoms with E-state index in [1.807, 2.05) is 0 Å². The van der Waals surface area contributed by atoms with Crippen LogP contribution in [-0.4, -0.2) is 30.5 Å². The number of methoxy groups -OCH3 is 1. The number of nitrogens with one attached hydrogen (secondary N) is 1. The average Bonchev–Trinajstić information content (AvgIpc) is 2.61. The Morgan fingerprint density at radius 2 is 1.92 bits per heavy atom. The zero-order valence-electron chi connectivity index (χ0n) is 13.6. The van der Waals surface area contributed by atoms with Gasteiger partial charge in [0.05, 0.1) is 17.7 Å². The van der Waals surface area contributed by atoms with E-state index < -0.39 is 23.4 Å². The molecule has 8 nitrogen and oxygen atoms in total. The zero-order valence-corrected chi connectivity index (χ0v) is 13.6. The minimum Gasteiger partial charge on any atom is -0.496 e. The number of esters is 1. The van der Waals surface area contributed by atoms with Crippen molar-refractivity contribution in [2.45, 2.75) is 6.92 Å². The van der Waals surface area contributed by atoms with Crippen LogP contribution in [0.3, 0.4) is 0 Å². The first kappa shape index (κ1) is 17.9. The number of aryl methyl sites for hydroxylation is 1. The van der Waals surface area contributed by atoms with Gasteiger partial charge in [-0.15, -0.1) is 0 Å². The third kappa shape index (κ3) is 4.54. The fourth-order valence-corrected chi connectivity index (χ4v) is 2.07. The summed E-state index contributed by atoms with van der Waals surface area (Å²) in [5.74, 6) is -0.974. The molecular weight excluding hydrogens is 328 g/mol. The van der Waals surface area contributed by atoms with Crippen molar-refractivity contribution >= 4 is 23.3 Å². The van der Waals surface area contributed by atoms with Crippen LogP contribution in [0.25, 0.3) is 0 Å². The Balaban J connectivity index is 2.00. The number of nitrogens with zero attached hydrogens (tertiary/aromatic N) is 1. The van der Waals surface area contributed by atoms with Crippen molar-refractivity contribution < 1.29 is 24.0 Å². The van der Waals surface area contributed by atoms with E-state index in [0.717, 1.165) is 0 Å². The summed E-state index contributed by atoms with van der Waals surface area (Å²) in [4.78, 5) is 34.2. The highest BCUT2D eigenvalue weighted by atomic mass is 16.6. The second-order valence-corrected chi connectivity index (χ2v) is 5.08. The maximum absolute atomic E-state index is 12.0. The molecule has 2 rings (SSSR count). The van der Waals surface area contributed by atoms with E-state index >= 15 is 0 Å². The first-order valence-corrected chi connectivity index (χ1v) is 7.27. The van der Waals surface area contributed by atoms with Crippen molar-refractivity contribution in [3.05, 3.63) is 63.7 Å². The van der Waals surface area contributed by atoms with Crippen molar-refractivity contribution in [1.82, 2.24) is 0 Å². The van der Waals surface area contributed by atoms with Gasteiger partial charge in [0.2, 0.25) is 0 Å². The van der Waals surface area contributed by atoms with Crippen molar-refractivity contribution in [2.24, 2.45) is 0 Å². The Labute approximate surface area is 143 Å².